The van der Waals surface area contributed by atoms with E-state index in [-0.39, 0.29) is 0 Å². The van der Waals surface area contributed by atoms with Gasteiger partial charge < -0.3 is 19.4 Å². The van der Waals surface area contributed by atoms with Gasteiger partial charge in [0.1, 0.15) is 19.0 Å². The minimum Gasteiger partial charge on any atom is -0.493 e. The average Bonchev–Trinajstić information content (AvgIpc) is 2.66. The molecule has 0 aromatic heterocycles. The summed E-state index contributed by atoms with van der Waals surface area (Å²) in [6, 6.07) is 17.3. The highest BCUT2D eigenvalue weighted by Crippen LogP contribution is 2.36. The Labute approximate surface area is 156 Å². The van der Waals surface area contributed by atoms with Gasteiger partial charge in [-0.25, -0.2) is 0 Å². The summed E-state index contributed by atoms with van der Waals surface area (Å²) in [6.45, 7) is 0.661. The molecule has 0 spiro atoms. The average molecular weight is 372 g/mol. The second-order valence-corrected chi connectivity index (χ2v) is 5.89. The Bertz CT molecular complexity index is 927. The maximum atomic E-state index is 8.63. The van der Waals surface area contributed by atoms with Gasteiger partial charge in [-0.05, 0) is 35.0 Å². The summed E-state index contributed by atoms with van der Waals surface area (Å²) in [5.74, 6) is 1.66. The molecule has 0 saturated heterocycles. The number of rotatable bonds is 7. The predicted molar refractivity (Wildman–Crippen MR) is 102 cm³/mol. The third-order valence-corrected chi connectivity index (χ3v) is 4.06. The molecule has 0 heterocycles. The number of hydrogen-bond acceptors (Lipinski definition) is 5. The molecule has 0 aliphatic heterocycles. The lowest BCUT2D eigenvalue weighted by Crippen LogP contribution is -2.10. The fraction of sp³-hybridized carbons (Fsp3) is 0.150. The SMILES string of the molecule is COc1cc(C=NO)cc(Cl)c1OCCOc1ccc2ccccc2c1. The van der Waals surface area contributed by atoms with Gasteiger partial charge in [-0.15, -0.1) is 0 Å². The fourth-order valence-corrected chi connectivity index (χ4v) is 2.86. The van der Waals surface area contributed by atoms with Gasteiger partial charge >= 0.3 is 0 Å². The molecule has 3 rings (SSSR count). The molecule has 134 valence electrons. The molecule has 0 aliphatic rings. The second kappa shape index (κ2) is 8.45. The maximum absolute atomic E-state index is 8.63. The van der Waals surface area contributed by atoms with E-state index >= 15 is 0 Å². The highest BCUT2D eigenvalue weighted by molar-refractivity contribution is 6.32. The Balaban J connectivity index is 1.62. The molecular weight excluding hydrogens is 354 g/mol. The monoisotopic (exact) mass is 371 g/mol. The van der Waals surface area contributed by atoms with E-state index in [1.54, 1.807) is 12.1 Å². The fourth-order valence-electron chi connectivity index (χ4n) is 2.58. The van der Waals surface area contributed by atoms with Crippen molar-refractivity contribution in [3.63, 3.8) is 0 Å². The van der Waals surface area contributed by atoms with Gasteiger partial charge in [0.15, 0.2) is 11.5 Å². The number of benzene rings is 3. The standard InChI is InChI=1S/C20H18ClNO4/c1-24-19-11-14(13-22-23)10-18(21)20(19)26-9-8-25-17-7-6-15-4-2-3-5-16(15)12-17/h2-7,10-13,23H,8-9H2,1H3. The van der Waals surface area contributed by atoms with Crippen molar-refractivity contribution in [2.75, 3.05) is 20.3 Å². The molecule has 0 atom stereocenters. The summed E-state index contributed by atoms with van der Waals surface area (Å²) in [7, 11) is 1.52. The molecule has 26 heavy (non-hydrogen) atoms. The van der Waals surface area contributed by atoms with E-state index in [1.165, 1.54) is 18.7 Å². The van der Waals surface area contributed by atoms with E-state index in [9.17, 15) is 0 Å². The zero-order valence-electron chi connectivity index (χ0n) is 14.2. The van der Waals surface area contributed by atoms with Crippen molar-refractivity contribution in [1.82, 2.24) is 0 Å². The van der Waals surface area contributed by atoms with Crippen molar-refractivity contribution in [2.24, 2.45) is 5.16 Å². The van der Waals surface area contributed by atoms with Crippen LogP contribution in [0.4, 0.5) is 0 Å². The van der Waals surface area contributed by atoms with Crippen LogP contribution in [-0.4, -0.2) is 31.7 Å². The summed E-state index contributed by atoms with van der Waals surface area (Å²) in [4.78, 5) is 0. The second-order valence-electron chi connectivity index (χ2n) is 5.48. The van der Waals surface area contributed by atoms with Crippen molar-refractivity contribution in [2.45, 2.75) is 0 Å². The van der Waals surface area contributed by atoms with Gasteiger partial charge in [0.05, 0.1) is 18.3 Å². The van der Waals surface area contributed by atoms with Gasteiger partial charge in [-0.3, -0.25) is 0 Å². The molecule has 3 aromatic rings. The number of methoxy groups -OCH3 is 1. The largest absolute Gasteiger partial charge is 0.493 e. The quantitative estimate of drug-likeness (QED) is 0.281. The van der Waals surface area contributed by atoms with Crippen molar-refractivity contribution >= 4 is 28.6 Å². The van der Waals surface area contributed by atoms with Crippen LogP contribution in [0.25, 0.3) is 10.8 Å². The lowest BCUT2D eigenvalue weighted by molar-refractivity contribution is 0.211. The van der Waals surface area contributed by atoms with Crippen LogP contribution >= 0.6 is 11.6 Å². The van der Waals surface area contributed by atoms with Crippen LogP contribution in [-0.2, 0) is 0 Å². The summed E-state index contributed by atoms with van der Waals surface area (Å²) in [5.41, 5.74) is 0.606. The third-order valence-electron chi connectivity index (χ3n) is 3.78. The number of fused-ring (bicyclic) bond motifs is 1. The topological polar surface area (TPSA) is 60.3 Å². The molecule has 0 aliphatic carbocycles. The first-order valence-electron chi connectivity index (χ1n) is 8.00. The highest BCUT2D eigenvalue weighted by atomic mass is 35.5. The van der Waals surface area contributed by atoms with Crippen molar-refractivity contribution in [3.05, 3.63) is 65.2 Å². The lowest BCUT2D eigenvalue weighted by Gasteiger charge is -2.14. The van der Waals surface area contributed by atoms with Crippen molar-refractivity contribution in [3.8, 4) is 17.2 Å². The number of halogens is 1. The van der Waals surface area contributed by atoms with E-state index in [2.05, 4.69) is 11.2 Å². The smallest absolute Gasteiger partial charge is 0.179 e. The van der Waals surface area contributed by atoms with Crippen LogP contribution in [0.1, 0.15) is 5.56 Å². The van der Waals surface area contributed by atoms with E-state index in [0.29, 0.717) is 35.3 Å². The maximum Gasteiger partial charge on any atom is 0.179 e. The van der Waals surface area contributed by atoms with Crippen molar-refractivity contribution in [1.29, 1.82) is 0 Å². The molecule has 0 unspecified atom stereocenters. The molecule has 0 radical (unpaired) electrons. The summed E-state index contributed by atoms with van der Waals surface area (Å²) in [6.07, 6.45) is 1.26. The van der Waals surface area contributed by atoms with E-state index in [4.69, 9.17) is 31.0 Å². The first-order valence-corrected chi connectivity index (χ1v) is 8.38. The Morgan fingerprint density at radius 3 is 2.54 bits per heavy atom. The molecule has 1 N–H and O–H groups in total. The summed E-state index contributed by atoms with van der Waals surface area (Å²) in [5, 5.41) is 14.3. The van der Waals surface area contributed by atoms with E-state index < -0.39 is 0 Å². The zero-order valence-corrected chi connectivity index (χ0v) is 14.9. The number of nitrogens with zero attached hydrogens (tertiary/aromatic N) is 1. The molecule has 0 fully saturated rings. The highest BCUT2D eigenvalue weighted by Gasteiger charge is 2.11. The zero-order chi connectivity index (χ0) is 18.4. The van der Waals surface area contributed by atoms with Gasteiger partial charge in [-0.1, -0.05) is 47.1 Å². The van der Waals surface area contributed by atoms with E-state index in [1.807, 2.05) is 36.4 Å². The molecule has 3 aromatic carbocycles. The molecule has 6 heteroatoms. The number of hydrogen-bond donors (Lipinski definition) is 1. The van der Waals surface area contributed by atoms with Gasteiger partial charge in [0, 0.05) is 5.56 Å². The van der Waals surface area contributed by atoms with Crippen LogP contribution in [0.2, 0.25) is 5.02 Å². The van der Waals surface area contributed by atoms with E-state index in [0.717, 1.165) is 11.1 Å². The molecule has 5 nitrogen and oxygen atoms in total. The van der Waals surface area contributed by atoms with Crippen molar-refractivity contribution < 1.29 is 19.4 Å². The van der Waals surface area contributed by atoms with Crippen LogP contribution in [0.15, 0.2) is 59.8 Å². The van der Waals surface area contributed by atoms with Crippen LogP contribution < -0.4 is 14.2 Å². The molecular formula is C20H18ClNO4. The van der Waals surface area contributed by atoms with Gasteiger partial charge in [-0.2, -0.15) is 0 Å². The predicted octanol–water partition coefficient (Wildman–Crippen LogP) is 4.77. The van der Waals surface area contributed by atoms with Gasteiger partial charge in [0.25, 0.3) is 0 Å². The first kappa shape index (κ1) is 17.9. The Morgan fingerprint density at radius 1 is 1.00 bits per heavy atom. The third kappa shape index (κ3) is 4.18. The van der Waals surface area contributed by atoms with Crippen LogP contribution in [0.5, 0.6) is 17.2 Å². The molecule has 0 amide bonds. The summed E-state index contributed by atoms with van der Waals surface area (Å²) < 4.78 is 16.7. The Kier molecular flexibility index (Phi) is 5.81. The first-order chi connectivity index (χ1) is 12.7. The molecule has 0 saturated carbocycles. The Hall–Kier alpha value is -2.92. The number of ether oxygens (including phenoxy) is 3. The lowest BCUT2D eigenvalue weighted by atomic mass is 10.1. The normalized spacial score (nSPS) is 11.0. The summed E-state index contributed by atoms with van der Waals surface area (Å²) >= 11 is 6.22. The number of oxime groups is 1. The molecule has 0 bridgehead atoms. The van der Waals surface area contributed by atoms with Crippen LogP contribution in [0, 0.1) is 0 Å². The Morgan fingerprint density at radius 2 is 1.77 bits per heavy atom. The minimum absolute atomic E-state index is 0.302. The minimum atomic E-state index is 0.302. The van der Waals surface area contributed by atoms with Crippen LogP contribution in [0.3, 0.4) is 0 Å². The van der Waals surface area contributed by atoms with Gasteiger partial charge in [0.2, 0.25) is 0 Å².